The number of anilines is 2. The van der Waals surface area contributed by atoms with Crippen LogP contribution in [0, 0.1) is 0 Å². The van der Waals surface area contributed by atoms with Gasteiger partial charge in [0.1, 0.15) is 0 Å². The number of carbonyl (C=O) groups excluding carboxylic acids is 1. The SMILES string of the molecule is CS(=O)(=O)Nc1ccc(-c2csc(NC(=O)CCc3nc(-c4ccncc4)no3)n2)cc1. The Hall–Kier alpha value is -3.64. The molecule has 0 aliphatic carbocycles. The Morgan fingerprint density at radius 2 is 1.81 bits per heavy atom. The summed E-state index contributed by atoms with van der Waals surface area (Å²) in [7, 11) is -3.33. The number of thiazole rings is 1. The van der Waals surface area contributed by atoms with Gasteiger partial charge >= 0.3 is 0 Å². The van der Waals surface area contributed by atoms with Crippen LogP contribution in [0.2, 0.25) is 0 Å². The second-order valence-electron chi connectivity index (χ2n) is 6.79. The highest BCUT2D eigenvalue weighted by molar-refractivity contribution is 7.92. The third-order valence-corrected chi connectivity index (χ3v) is 5.57. The molecule has 0 atom stereocenters. The maximum absolute atomic E-state index is 12.3. The van der Waals surface area contributed by atoms with Crippen molar-refractivity contribution in [3.05, 3.63) is 60.1 Å². The third kappa shape index (κ3) is 5.74. The average molecular weight is 471 g/mol. The van der Waals surface area contributed by atoms with Crippen molar-refractivity contribution in [1.82, 2.24) is 20.1 Å². The Bertz CT molecular complexity index is 1320. The number of nitrogens with zero attached hydrogens (tertiary/aromatic N) is 4. The minimum atomic E-state index is -3.33. The largest absolute Gasteiger partial charge is 0.339 e. The van der Waals surface area contributed by atoms with E-state index in [1.807, 2.05) is 5.38 Å². The standard InChI is InChI=1S/C20H18N6O4S2/c1-32(28,29)26-15-4-2-13(3-5-15)16-12-31-20(22-16)23-17(27)6-7-18-24-19(25-30-18)14-8-10-21-11-9-14/h2-5,8-12,26H,6-7H2,1H3,(H,22,23,27). The number of hydrogen-bond donors (Lipinski definition) is 2. The lowest BCUT2D eigenvalue weighted by molar-refractivity contribution is -0.116. The molecule has 0 bridgehead atoms. The van der Waals surface area contributed by atoms with Gasteiger partial charge in [-0.3, -0.25) is 14.5 Å². The Kier molecular flexibility index (Phi) is 6.23. The molecule has 3 heterocycles. The molecule has 12 heteroatoms. The second kappa shape index (κ2) is 9.24. The van der Waals surface area contributed by atoms with E-state index in [4.69, 9.17) is 4.52 Å². The first kappa shape index (κ1) is 21.6. The van der Waals surface area contributed by atoms with Gasteiger partial charge in [0.15, 0.2) is 5.13 Å². The maximum Gasteiger partial charge on any atom is 0.229 e. The van der Waals surface area contributed by atoms with Gasteiger partial charge in [-0.2, -0.15) is 4.98 Å². The third-order valence-electron chi connectivity index (χ3n) is 4.21. The number of nitrogens with one attached hydrogen (secondary N) is 2. The van der Waals surface area contributed by atoms with Crippen molar-refractivity contribution >= 4 is 38.1 Å². The van der Waals surface area contributed by atoms with E-state index < -0.39 is 10.0 Å². The van der Waals surface area contributed by atoms with Crippen LogP contribution < -0.4 is 10.0 Å². The predicted molar refractivity (Wildman–Crippen MR) is 120 cm³/mol. The lowest BCUT2D eigenvalue weighted by atomic mass is 10.1. The molecule has 2 N–H and O–H groups in total. The Morgan fingerprint density at radius 3 is 2.53 bits per heavy atom. The number of benzene rings is 1. The van der Waals surface area contributed by atoms with Crippen molar-refractivity contribution in [2.75, 3.05) is 16.3 Å². The van der Waals surface area contributed by atoms with E-state index in [0.717, 1.165) is 17.4 Å². The van der Waals surface area contributed by atoms with Gasteiger partial charge in [-0.1, -0.05) is 17.3 Å². The van der Waals surface area contributed by atoms with Crippen molar-refractivity contribution in [3.63, 3.8) is 0 Å². The summed E-state index contributed by atoms with van der Waals surface area (Å²) in [6.45, 7) is 0. The minimum Gasteiger partial charge on any atom is -0.339 e. The summed E-state index contributed by atoms with van der Waals surface area (Å²) >= 11 is 1.30. The van der Waals surface area contributed by atoms with Gasteiger partial charge in [0.2, 0.25) is 27.6 Å². The van der Waals surface area contributed by atoms with Gasteiger partial charge in [-0.15, -0.1) is 11.3 Å². The highest BCUT2D eigenvalue weighted by atomic mass is 32.2. The molecular formula is C20H18N6O4S2. The molecule has 0 saturated carbocycles. The van der Waals surface area contributed by atoms with Crippen molar-refractivity contribution < 1.29 is 17.7 Å². The molecule has 4 aromatic rings. The van der Waals surface area contributed by atoms with E-state index in [-0.39, 0.29) is 12.3 Å². The Morgan fingerprint density at radius 1 is 1.06 bits per heavy atom. The summed E-state index contributed by atoms with van der Waals surface area (Å²) in [4.78, 5) is 24.9. The molecule has 0 saturated heterocycles. The fraction of sp³-hybridized carbons (Fsp3) is 0.150. The molecule has 3 aromatic heterocycles. The summed E-state index contributed by atoms with van der Waals surface area (Å²) in [5, 5.41) is 8.96. The first-order valence-corrected chi connectivity index (χ1v) is 12.2. The smallest absolute Gasteiger partial charge is 0.229 e. The lowest BCUT2D eigenvalue weighted by Crippen LogP contribution is -2.12. The van der Waals surface area contributed by atoms with Crippen LogP contribution in [0.3, 0.4) is 0 Å². The molecule has 0 aliphatic heterocycles. The molecule has 0 aliphatic rings. The van der Waals surface area contributed by atoms with Crippen molar-refractivity contribution in [3.8, 4) is 22.6 Å². The molecule has 0 spiro atoms. The van der Waals surface area contributed by atoms with Crippen LogP contribution in [-0.4, -0.2) is 40.7 Å². The highest BCUT2D eigenvalue weighted by Crippen LogP contribution is 2.26. The molecule has 1 amide bonds. The van der Waals surface area contributed by atoms with Gasteiger partial charge in [0.05, 0.1) is 11.9 Å². The van der Waals surface area contributed by atoms with Gasteiger partial charge in [-0.25, -0.2) is 13.4 Å². The number of pyridine rings is 1. The van der Waals surface area contributed by atoms with Crippen LogP contribution in [0.25, 0.3) is 22.6 Å². The van der Waals surface area contributed by atoms with Crippen LogP contribution in [0.5, 0.6) is 0 Å². The van der Waals surface area contributed by atoms with E-state index in [9.17, 15) is 13.2 Å². The molecule has 32 heavy (non-hydrogen) atoms. The average Bonchev–Trinajstić information content (AvgIpc) is 3.42. The number of aryl methyl sites for hydroxylation is 1. The first-order valence-electron chi connectivity index (χ1n) is 9.42. The number of carbonyl (C=O) groups is 1. The number of amides is 1. The lowest BCUT2D eigenvalue weighted by Gasteiger charge is -2.04. The molecule has 0 radical (unpaired) electrons. The molecular weight excluding hydrogens is 452 g/mol. The van der Waals surface area contributed by atoms with Crippen LogP contribution in [0.4, 0.5) is 10.8 Å². The van der Waals surface area contributed by atoms with Crippen LogP contribution in [-0.2, 0) is 21.2 Å². The summed E-state index contributed by atoms with van der Waals surface area (Å²) in [5.41, 5.74) is 2.73. The quantitative estimate of drug-likeness (QED) is 0.400. The first-order chi connectivity index (χ1) is 15.4. The van der Waals surface area contributed by atoms with Crippen molar-refractivity contribution in [2.24, 2.45) is 0 Å². The second-order valence-corrected chi connectivity index (χ2v) is 9.39. The Labute approximate surface area is 187 Å². The topological polar surface area (TPSA) is 140 Å². The molecule has 4 rings (SSSR count). The van der Waals surface area contributed by atoms with E-state index in [1.165, 1.54) is 11.3 Å². The number of aromatic nitrogens is 4. The van der Waals surface area contributed by atoms with Crippen LogP contribution in [0.15, 0.2) is 58.7 Å². The molecule has 0 fully saturated rings. The summed E-state index contributed by atoms with van der Waals surface area (Å²) in [6.07, 6.45) is 4.84. The van der Waals surface area contributed by atoms with E-state index >= 15 is 0 Å². The summed E-state index contributed by atoms with van der Waals surface area (Å²) in [5.74, 6) is 0.599. The zero-order chi connectivity index (χ0) is 22.6. The maximum atomic E-state index is 12.3. The van der Waals surface area contributed by atoms with E-state index in [0.29, 0.717) is 34.6 Å². The Balaban J connectivity index is 1.32. The zero-order valence-electron chi connectivity index (χ0n) is 16.8. The minimum absolute atomic E-state index is 0.165. The molecule has 164 valence electrons. The van der Waals surface area contributed by atoms with Crippen molar-refractivity contribution in [2.45, 2.75) is 12.8 Å². The van der Waals surface area contributed by atoms with Gasteiger partial charge in [0, 0.05) is 47.4 Å². The van der Waals surface area contributed by atoms with Crippen LogP contribution >= 0.6 is 11.3 Å². The van der Waals surface area contributed by atoms with Crippen LogP contribution in [0.1, 0.15) is 12.3 Å². The number of hydrogen-bond acceptors (Lipinski definition) is 9. The summed E-state index contributed by atoms with van der Waals surface area (Å²) < 4.78 is 30.2. The fourth-order valence-electron chi connectivity index (χ4n) is 2.76. The monoisotopic (exact) mass is 470 g/mol. The van der Waals surface area contributed by atoms with Gasteiger partial charge < -0.3 is 9.84 Å². The number of sulfonamides is 1. The molecule has 0 unspecified atom stereocenters. The van der Waals surface area contributed by atoms with E-state index in [2.05, 4.69) is 30.1 Å². The molecule has 1 aromatic carbocycles. The summed E-state index contributed by atoms with van der Waals surface area (Å²) in [6, 6.07) is 10.4. The number of rotatable bonds is 8. The molecule has 10 nitrogen and oxygen atoms in total. The fourth-order valence-corrected chi connectivity index (χ4v) is 4.06. The normalized spacial score (nSPS) is 11.3. The predicted octanol–water partition coefficient (Wildman–Crippen LogP) is 3.20. The van der Waals surface area contributed by atoms with Gasteiger partial charge in [0.25, 0.3) is 0 Å². The highest BCUT2D eigenvalue weighted by Gasteiger charge is 2.13. The van der Waals surface area contributed by atoms with E-state index in [1.54, 1.807) is 48.8 Å². The zero-order valence-corrected chi connectivity index (χ0v) is 18.5. The van der Waals surface area contributed by atoms with Crippen molar-refractivity contribution in [1.29, 1.82) is 0 Å². The van der Waals surface area contributed by atoms with Gasteiger partial charge in [-0.05, 0) is 24.3 Å².